The van der Waals surface area contributed by atoms with Crippen molar-refractivity contribution in [3.63, 3.8) is 0 Å². The quantitative estimate of drug-likeness (QED) is 0.676. The molecule has 1 atom stereocenters. The van der Waals surface area contributed by atoms with Crippen molar-refractivity contribution >= 4 is 29.0 Å². The molecule has 1 aromatic carbocycles. The molecular formula is C18H19N5OS2. The maximum Gasteiger partial charge on any atom is 0.233 e. The Labute approximate surface area is 160 Å². The van der Waals surface area contributed by atoms with Gasteiger partial charge < -0.3 is 4.90 Å². The van der Waals surface area contributed by atoms with Crippen LogP contribution in [0.1, 0.15) is 23.2 Å². The molecule has 26 heavy (non-hydrogen) atoms. The van der Waals surface area contributed by atoms with E-state index in [4.69, 9.17) is 0 Å². The molecule has 0 bridgehead atoms. The van der Waals surface area contributed by atoms with Gasteiger partial charge in [-0.25, -0.2) is 4.68 Å². The molecule has 0 spiro atoms. The predicted molar refractivity (Wildman–Crippen MR) is 103 cm³/mol. The van der Waals surface area contributed by atoms with Crippen molar-refractivity contribution in [2.45, 2.75) is 25.6 Å². The second-order valence-electron chi connectivity index (χ2n) is 6.47. The van der Waals surface area contributed by atoms with Gasteiger partial charge in [-0.2, -0.15) is 0 Å². The van der Waals surface area contributed by atoms with E-state index in [0.717, 1.165) is 17.1 Å². The Morgan fingerprint density at radius 3 is 2.77 bits per heavy atom. The molecule has 134 valence electrons. The fraction of sp³-hybridized carbons (Fsp3) is 0.333. The Morgan fingerprint density at radius 1 is 1.15 bits per heavy atom. The number of benzene rings is 1. The maximum absolute atomic E-state index is 12.7. The van der Waals surface area contributed by atoms with Gasteiger partial charge in [-0.05, 0) is 34.4 Å². The average molecular weight is 386 g/mol. The maximum atomic E-state index is 12.7. The van der Waals surface area contributed by atoms with E-state index in [-0.39, 0.29) is 5.91 Å². The van der Waals surface area contributed by atoms with Crippen molar-refractivity contribution in [2.75, 3.05) is 11.5 Å². The monoisotopic (exact) mass is 385 g/mol. The number of carbonyl (C=O) groups excluding carboxylic acids is 1. The molecule has 0 N–H and O–H groups in total. The predicted octanol–water partition coefficient (Wildman–Crippen LogP) is 2.77. The van der Waals surface area contributed by atoms with Crippen LogP contribution in [-0.2, 0) is 23.4 Å². The summed E-state index contributed by atoms with van der Waals surface area (Å²) in [5.41, 5.74) is 0.590. The van der Waals surface area contributed by atoms with E-state index >= 15 is 0 Å². The molecule has 3 aromatic rings. The van der Waals surface area contributed by atoms with Crippen LogP contribution in [0.5, 0.6) is 0 Å². The summed E-state index contributed by atoms with van der Waals surface area (Å²) in [6, 6.07) is 14.2. The van der Waals surface area contributed by atoms with Crippen LogP contribution in [0.3, 0.4) is 0 Å². The lowest BCUT2D eigenvalue weighted by Crippen LogP contribution is -2.54. The number of rotatable bonds is 5. The molecule has 1 saturated heterocycles. The van der Waals surface area contributed by atoms with Gasteiger partial charge >= 0.3 is 0 Å². The summed E-state index contributed by atoms with van der Waals surface area (Å²) in [5.74, 6) is 2.14. The average Bonchev–Trinajstić information content (AvgIpc) is 3.31. The van der Waals surface area contributed by atoms with Crippen LogP contribution in [-0.4, -0.2) is 42.5 Å². The van der Waals surface area contributed by atoms with E-state index in [1.165, 1.54) is 4.88 Å². The van der Waals surface area contributed by atoms with Crippen LogP contribution in [0.2, 0.25) is 0 Å². The first-order chi connectivity index (χ1) is 12.7. The third-order valence-electron chi connectivity index (χ3n) is 4.59. The van der Waals surface area contributed by atoms with Crippen LogP contribution >= 0.6 is 23.1 Å². The van der Waals surface area contributed by atoms with Gasteiger partial charge in [-0.15, -0.1) is 28.2 Å². The van der Waals surface area contributed by atoms with Crippen molar-refractivity contribution in [2.24, 2.45) is 0 Å². The van der Waals surface area contributed by atoms with Gasteiger partial charge in [0.25, 0.3) is 0 Å². The van der Waals surface area contributed by atoms with E-state index in [1.807, 2.05) is 39.2 Å². The molecular weight excluding hydrogens is 366 g/mol. The summed E-state index contributed by atoms with van der Waals surface area (Å²) in [7, 11) is 0. The summed E-state index contributed by atoms with van der Waals surface area (Å²) < 4.78 is 1.82. The number of hydrogen-bond acceptors (Lipinski definition) is 6. The first kappa shape index (κ1) is 17.2. The Kier molecular flexibility index (Phi) is 4.78. The van der Waals surface area contributed by atoms with Gasteiger partial charge in [-0.1, -0.05) is 36.4 Å². The van der Waals surface area contributed by atoms with Gasteiger partial charge in [0.2, 0.25) is 5.91 Å². The van der Waals surface area contributed by atoms with Crippen molar-refractivity contribution in [1.82, 2.24) is 25.1 Å². The molecule has 0 saturated carbocycles. The van der Waals surface area contributed by atoms with Crippen molar-refractivity contribution in [3.8, 4) is 0 Å². The molecule has 1 aliphatic rings. The number of hydrogen-bond donors (Lipinski definition) is 0. The molecule has 6 nitrogen and oxygen atoms in total. The molecule has 0 radical (unpaired) electrons. The van der Waals surface area contributed by atoms with Gasteiger partial charge in [0, 0.05) is 10.6 Å². The molecule has 2 aromatic heterocycles. The number of carbonyl (C=O) groups is 1. The first-order valence-corrected chi connectivity index (χ1v) is 10.4. The van der Waals surface area contributed by atoms with Crippen LogP contribution in [0.25, 0.3) is 0 Å². The molecule has 1 amide bonds. The lowest BCUT2D eigenvalue weighted by atomic mass is 10.00. The van der Waals surface area contributed by atoms with E-state index in [9.17, 15) is 4.79 Å². The minimum atomic E-state index is -0.539. The molecule has 1 aliphatic heterocycles. The van der Waals surface area contributed by atoms with Crippen LogP contribution < -0.4 is 0 Å². The van der Waals surface area contributed by atoms with Crippen LogP contribution in [0.4, 0.5) is 0 Å². The van der Waals surface area contributed by atoms with E-state index < -0.39 is 5.54 Å². The first-order valence-electron chi connectivity index (χ1n) is 8.38. The largest absolute Gasteiger partial charge is 0.323 e. The Bertz CT molecular complexity index is 880. The highest BCUT2D eigenvalue weighted by Gasteiger charge is 2.44. The van der Waals surface area contributed by atoms with Gasteiger partial charge in [-0.3, -0.25) is 4.79 Å². The Balaban J connectivity index is 1.68. The highest BCUT2D eigenvalue weighted by molar-refractivity contribution is 8.00. The standard InChI is InChI=1S/C18H19N5OS2/c1-18(13-25-12-16(24)22(18)11-15-8-5-9-26-15)17-19-20-21-23(17)10-14-6-3-2-4-7-14/h2-9H,10-13H2,1H3. The summed E-state index contributed by atoms with van der Waals surface area (Å²) in [6.45, 7) is 3.24. The summed E-state index contributed by atoms with van der Waals surface area (Å²) in [4.78, 5) is 15.8. The zero-order chi connectivity index (χ0) is 18.0. The van der Waals surface area contributed by atoms with Gasteiger partial charge in [0.1, 0.15) is 5.54 Å². The number of aromatic nitrogens is 4. The minimum absolute atomic E-state index is 0.131. The molecule has 1 unspecified atom stereocenters. The van der Waals surface area contributed by atoms with E-state index in [2.05, 4.69) is 40.6 Å². The molecule has 0 aliphatic carbocycles. The lowest BCUT2D eigenvalue weighted by molar-refractivity contribution is -0.135. The smallest absolute Gasteiger partial charge is 0.233 e. The number of tetrazole rings is 1. The molecule has 4 rings (SSSR count). The Morgan fingerprint density at radius 2 is 2.00 bits per heavy atom. The van der Waals surface area contributed by atoms with Crippen LogP contribution in [0, 0.1) is 0 Å². The van der Waals surface area contributed by atoms with Crippen molar-refractivity contribution in [3.05, 3.63) is 64.1 Å². The van der Waals surface area contributed by atoms with Crippen molar-refractivity contribution in [1.29, 1.82) is 0 Å². The minimum Gasteiger partial charge on any atom is -0.323 e. The zero-order valence-electron chi connectivity index (χ0n) is 14.4. The van der Waals surface area contributed by atoms with Crippen LogP contribution in [0.15, 0.2) is 47.8 Å². The van der Waals surface area contributed by atoms with Gasteiger partial charge in [0.15, 0.2) is 5.82 Å². The second-order valence-corrected chi connectivity index (χ2v) is 8.49. The second kappa shape index (κ2) is 7.20. The fourth-order valence-corrected chi connectivity index (χ4v) is 5.04. The highest BCUT2D eigenvalue weighted by Crippen LogP contribution is 2.36. The summed E-state index contributed by atoms with van der Waals surface area (Å²) in [6.07, 6.45) is 0. The van der Waals surface area contributed by atoms with E-state index in [0.29, 0.717) is 18.8 Å². The number of amides is 1. The number of thiophene rings is 1. The van der Waals surface area contributed by atoms with E-state index in [1.54, 1.807) is 23.1 Å². The van der Waals surface area contributed by atoms with Gasteiger partial charge in [0.05, 0.1) is 18.8 Å². The Hall–Kier alpha value is -2.19. The fourth-order valence-electron chi connectivity index (χ4n) is 3.23. The highest BCUT2D eigenvalue weighted by atomic mass is 32.2. The molecule has 3 heterocycles. The lowest BCUT2D eigenvalue weighted by Gasteiger charge is -2.43. The third-order valence-corrected chi connectivity index (χ3v) is 6.67. The molecule has 1 fully saturated rings. The zero-order valence-corrected chi connectivity index (χ0v) is 16.0. The number of nitrogens with zero attached hydrogens (tertiary/aromatic N) is 5. The normalized spacial score (nSPS) is 20.5. The third kappa shape index (κ3) is 3.26. The molecule has 8 heteroatoms. The topological polar surface area (TPSA) is 63.9 Å². The van der Waals surface area contributed by atoms with Crippen molar-refractivity contribution < 1.29 is 4.79 Å². The summed E-state index contributed by atoms with van der Waals surface area (Å²) >= 11 is 3.31. The summed E-state index contributed by atoms with van der Waals surface area (Å²) in [5, 5.41) is 14.5. The SMILES string of the molecule is CC1(c2nnnn2Cc2ccccc2)CSCC(=O)N1Cc1cccs1. The number of thioether (sulfide) groups is 1.